The Bertz CT molecular complexity index is 802. The summed E-state index contributed by atoms with van der Waals surface area (Å²) in [6.07, 6.45) is -2.59. The minimum absolute atomic E-state index is 0.0319. The normalized spacial score (nSPS) is 15.2. The minimum atomic E-state index is -4.70. The number of aromatic nitrogens is 2. The highest BCUT2D eigenvalue weighted by atomic mass is 19.4. The average Bonchev–Trinajstić information content (AvgIpc) is 3.08. The van der Waals surface area contributed by atoms with Crippen molar-refractivity contribution in [3.8, 4) is 11.4 Å². The zero-order chi connectivity index (χ0) is 18.7. The smallest absolute Gasteiger partial charge is 0.329 e. The molecule has 1 fully saturated rings. The van der Waals surface area contributed by atoms with Gasteiger partial charge in [-0.1, -0.05) is 29.4 Å². The summed E-state index contributed by atoms with van der Waals surface area (Å²) in [7, 11) is 0. The summed E-state index contributed by atoms with van der Waals surface area (Å²) >= 11 is 0. The Morgan fingerprint density at radius 1 is 1.23 bits per heavy atom. The summed E-state index contributed by atoms with van der Waals surface area (Å²) in [5.41, 5.74) is 3.53. The standard InChI is InChI=1S/C16H15F3N4O3/c17-16(18,19)15-20-14(22-26-15)11-6-4-10(5-7-11)9-12(24)21-23-8-2-1-3-13(23)25/h4-7H,1-3,8-9H2,(H,21,24). The van der Waals surface area contributed by atoms with Crippen molar-refractivity contribution < 1.29 is 27.3 Å². The number of alkyl halides is 3. The topological polar surface area (TPSA) is 88.3 Å². The lowest BCUT2D eigenvalue weighted by molar-refractivity contribution is -0.159. The third-order valence-corrected chi connectivity index (χ3v) is 3.83. The van der Waals surface area contributed by atoms with Gasteiger partial charge in [0.1, 0.15) is 0 Å². The van der Waals surface area contributed by atoms with Gasteiger partial charge in [-0.15, -0.1) is 0 Å². The molecule has 7 nitrogen and oxygen atoms in total. The van der Waals surface area contributed by atoms with Crippen molar-refractivity contribution in [3.63, 3.8) is 0 Å². The molecule has 0 aliphatic carbocycles. The molecular weight excluding hydrogens is 353 g/mol. The fourth-order valence-electron chi connectivity index (χ4n) is 2.53. The number of hydrogen-bond acceptors (Lipinski definition) is 5. The molecule has 1 aromatic heterocycles. The zero-order valence-electron chi connectivity index (χ0n) is 13.5. The van der Waals surface area contributed by atoms with Gasteiger partial charge in [-0.05, 0) is 18.4 Å². The first-order valence-corrected chi connectivity index (χ1v) is 7.93. The van der Waals surface area contributed by atoms with E-state index in [1.165, 1.54) is 17.1 Å². The number of nitrogens with zero attached hydrogens (tertiary/aromatic N) is 3. The molecule has 3 rings (SSSR count). The molecule has 0 saturated carbocycles. The number of amides is 2. The molecule has 138 valence electrons. The summed E-state index contributed by atoms with van der Waals surface area (Å²) in [5, 5.41) is 4.62. The Balaban J connectivity index is 1.61. The van der Waals surface area contributed by atoms with E-state index >= 15 is 0 Å². The van der Waals surface area contributed by atoms with E-state index in [2.05, 4.69) is 20.1 Å². The molecule has 0 atom stereocenters. The molecule has 2 aromatic rings. The number of hydrazine groups is 1. The van der Waals surface area contributed by atoms with Crippen molar-refractivity contribution in [2.45, 2.75) is 31.9 Å². The largest absolute Gasteiger partial charge is 0.471 e. The van der Waals surface area contributed by atoms with Gasteiger partial charge >= 0.3 is 12.1 Å². The monoisotopic (exact) mass is 368 g/mol. The van der Waals surface area contributed by atoms with E-state index in [0.717, 1.165) is 12.8 Å². The first-order valence-electron chi connectivity index (χ1n) is 7.93. The number of benzene rings is 1. The highest BCUT2D eigenvalue weighted by Gasteiger charge is 2.38. The van der Waals surface area contributed by atoms with Crippen LogP contribution in [0.5, 0.6) is 0 Å². The molecule has 1 aliphatic rings. The highest BCUT2D eigenvalue weighted by Crippen LogP contribution is 2.29. The van der Waals surface area contributed by atoms with Gasteiger partial charge < -0.3 is 4.52 Å². The molecule has 26 heavy (non-hydrogen) atoms. The molecule has 0 unspecified atom stereocenters. The van der Waals surface area contributed by atoms with Crippen molar-refractivity contribution in [1.29, 1.82) is 0 Å². The molecule has 2 heterocycles. The highest BCUT2D eigenvalue weighted by molar-refractivity contribution is 5.83. The van der Waals surface area contributed by atoms with Crippen LogP contribution in [0.3, 0.4) is 0 Å². The summed E-state index contributed by atoms with van der Waals surface area (Å²) in [6, 6.07) is 6.16. The van der Waals surface area contributed by atoms with Crippen molar-refractivity contribution in [2.24, 2.45) is 0 Å². The van der Waals surface area contributed by atoms with Crippen LogP contribution in [0.4, 0.5) is 13.2 Å². The second-order valence-corrected chi connectivity index (χ2v) is 5.83. The van der Waals surface area contributed by atoms with Gasteiger partial charge in [0.05, 0.1) is 6.42 Å². The maximum Gasteiger partial charge on any atom is 0.471 e. The Morgan fingerprint density at radius 3 is 2.58 bits per heavy atom. The summed E-state index contributed by atoms with van der Waals surface area (Å²) in [5.74, 6) is -2.06. The maximum absolute atomic E-state index is 12.5. The van der Waals surface area contributed by atoms with Crippen LogP contribution in [0.1, 0.15) is 30.7 Å². The van der Waals surface area contributed by atoms with E-state index in [1.807, 2.05) is 0 Å². The molecule has 1 N–H and O–H groups in total. The number of piperidine rings is 1. The van der Waals surface area contributed by atoms with E-state index in [-0.39, 0.29) is 24.1 Å². The molecule has 0 spiro atoms. The second-order valence-electron chi connectivity index (χ2n) is 5.83. The second kappa shape index (κ2) is 7.14. The number of carbonyl (C=O) groups excluding carboxylic acids is 2. The third-order valence-electron chi connectivity index (χ3n) is 3.83. The first kappa shape index (κ1) is 17.9. The predicted octanol–water partition coefficient (Wildman–Crippen LogP) is 2.34. The number of nitrogens with one attached hydrogen (secondary N) is 1. The van der Waals surface area contributed by atoms with Crippen molar-refractivity contribution in [3.05, 3.63) is 35.7 Å². The van der Waals surface area contributed by atoms with Gasteiger partial charge in [0.25, 0.3) is 0 Å². The van der Waals surface area contributed by atoms with E-state index in [4.69, 9.17) is 0 Å². The zero-order valence-corrected chi connectivity index (χ0v) is 13.5. The molecule has 1 aromatic carbocycles. The van der Waals surface area contributed by atoms with E-state index in [0.29, 0.717) is 24.1 Å². The fraction of sp³-hybridized carbons (Fsp3) is 0.375. The lowest BCUT2D eigenvalue weighted by Crippen LogP contribution is -2.48. The van der Waals surface area contributed by atoms with Crippen LogP contribution in [0.15, 0.2) is 28.8 Å². The molecule has 1 aliphatic heterocycles. The average molecular weight is 368 g/mol. The Kier molecular flexibility index (Phi) is 4.92. The van der Waals surface area contributed by atoms with Crippen LogP contribution in [0, 0.1) is 0 Å². The van der Waals surface area contributed by atoms with Crippen LogP contribution >= 0.6 is 0 Å². The lowest BCUT2D eigenvalue weighted by Gasteiger charge is -2.26. The lowest BCUT2D eigenvalue weighted by atomic mass is 10.1. The van der Waals surface area contributed by atoms with Gasteiger partial charge in [-0.2, -0.15) is 18.2 Å². The van der Waals surface area contributed by atoms with Crippen LogP contribution in [-0.2, 0) is 22.2 Å². The first-order chi connectivity index (χ1) is 12.3. The molecule has 0 bridgehead atoms. The van der Waals surface area contributed by atoms with Gasteiger partial charge in [-0.3, -0.25) is 20.0 Å². The Labute approximate surface area is 146 Å². The SMILES string of the molecule is O=C(Cc1ccc(-c2noc(C(F)(F)F)n2)cc1)NN1CCCCC1=O. The molecular formula is C16H15F3N4O3. The Morgan fingerprint density at radius 2 is 1.96 bits per heavy atom. The predicted molar refractivity (Wildman–Crippen MR) is 82.1 cm³/mol. The maximum atomic E-state index is 12.5. The van der Waals surface area contributed by atoms with Crippen LogP contribution in [0.2, 0.25) is 0 Å². The van der Waals surface area contributed by atoms with E-state index < -0.39 is 12.1 Å². The molecule has 0 radical (unpaired) electrons. The van der Waals surface area contributed by atoms with Crippen molar-refractivity contribution in [1.82, 2.24) is 20.6 Å². The quantitative estimate of drug-likeness (QED) is 0.895. The number of halogens is 3. The van der Waals surface area contributed by atoms with Crippen LogP contribution in [-0.4, -0.2) is 33.5 Å². The molecule has 10 heteroatoms. The van der Waals surface area contributed by atoms with Crippen molar-refractivity contribution in [2.75, 3.05) is 6.54 Å². The fourth-order valence-corrected chi connectivity index (χ4v) is 2.53. The number of hydrogen-bond donors (Lipinski definition) is 1. The van der Waals surface area contributed by atoms with Crippen LogP contribution in [0.25, 0.3) is 11.4 Å². The summed E-state index contributed by atoms with van der Waals surface area (Å²) in [6.45, 7) is 0.489. The van der Waals surface area contributed by atoms with Crippen molar-refractivity contribution >= 4 is 11.8 Å². The van der Waals surface area contributed by atoms with Gasteiger partial charge in [0.15, 0.2) is 0 Å². The van der Waals surface area contributed by atoms with Crippen LogP contribution < -0.4 is 5.43 Å². The van der Waals surface area contributed by atoms with Gasteiger partial charge in [0, 0.05) is 18.5 Å². The number of carbonyl (C=O) groups is 2. The summed E-state index contributed by atoms with van der Waals surface area (Å²) in [4.78, 5) is 27.0. The number of rotatable bonds is 4. The Hall–Kier alpha value is -2.91. The van der Waals surface area contributed by atoms with E-state index in [9.17, 15) is 22.8 Å². The summed E-state index contributed by atoms with van der Waals surface area (Å²) < 4.78 is 41.6. The molecule has 2 amide bonds. The minimum Gasteiger partial charge on any atom is -0.329 e. The van der Waals surface area contributed by atoms with Gasteiger partial charge in [0.2, 0.25) is 17.6 Å². The van der Waals surface area contributed by atoms with Gasteiger partial charge in [-0.25, -0.2) is 0 Å². The van der Waals surface area contributed by atoms with E-state index in [1.54, 1.807) is 12.1 Å². The third kappa shape index (κ3) is 4.19. The molecule has 1 saturated heterocycles.